The highest BCUT2D eigenvalue weighted by molar-refractivity contribution is 5.25. The first kappa shape index (κ1) is 12.1. The van der Waals surface area contributed by atoms with Crippen LogP contribution in [0.15, 0.2) is 18.2 Å². The lowest BCUT2D eigenvalue weighted by molar-refractivity contribution is 0.156. The molecule has 84 valence electrons. The Morgan fingerprint density at radius 3 is 2.07 bits per heavy atom. The van der Waals surface area contributed by atoms with Crippen LogP contribution in [0.3, 0.4) is 0 Å². The second-order valence-corrected chi connectivity index (χ2v) is 4.60. The molecule has 0 saturated heterocycles. The summed E-state index contributed by atoms with van der Waals surface area (Å²) in [6.45, 7) is 5.37. The Kier molecular flexibility index (Phi) is 3.45. The SMILES string of the molecule is CC(O)CC(C)(C)c1cc(F)cc(F)c1. The molecule has 0 amide bonds. The third-order valence-electron chi connectivity index (χ3n) is 2.45. The van der Waals surface area contributed by atoms with E-state index in [2.05, 4.69) is 0 Å². The Balaban J connectivity index is 3.03. The van der Waals surface area contributed by atoms with Gasteiger partial charge in [0.05, 0.1) is 6.10 Å². The minimum atomic E-state index is -0.580. The fourth-order valence-corrected chi connectivity index (χ4v) is 1.80. The molecule has 1 nitrogen and oxygen atoms in total. The summed E-state index contributed by atoms with van der Waals surface area (Å²) in [4.78, 5) is 0. The Bertz CT molecular complexity index is 325. The van der Waals surface area contributed by atoms with Crippen LogP contribution in [0.4, 0.5) is 8.78 Å². The van der Waals surface area contributed by atoms with Gasteiger partial charge in [0.25, 0.3) is 0 Å². The number of halogens is 2. The molecule has 0 heterocycles. The normalized spacial score (nSPS) is 14.0. The van der Waals surface area contributed by atoms with Crippen LogP contribution in [0.2, 0.25) is 0 Å². The van der Waals surface area contributed by atoms with Crippen LogP contribution in [0.25, 0.3) is 0 Å². The van der Waals surface area contributed by atoms with Crippen LogP contribution in [0.1, 0.15) is 32.8 Å². The van der Waals surface area contributed by atoms with Crippen LogP contribution in [0, 0.1) is 11.6 Å². The number of aliphatic hydroxyl groups excluding tert-OH is 1. The summed E-state index contributed by atoms with van der Waals surface area (Å²) in [7, 11) is 0. The first-order valence-corrected chi connectivity index (χ1v) is 4.96. The molecule has 0 bridgehead atoms. The predicted octanol–water partition coefficient (Wildman–Crippen LogP) is 3.01. The van der Waals surface area contributed by atoms with Crippen LogP contribution >= 0.6 is 0 Å². The van der Waals surface area contributed by atoms with Crippen molar-refractivity contribution >= 4 is 0 Å². The van der Waals surface area contributed by atoms with E-state index >= 15 is 0 Å². The number of hydrogen-bond acceptors (Lipinski definition) is 1. The lowest BCUT2D eigenvalue weighted by atomic mass is 9.80. The fraction of sp³-hybridized carbons (Fsp3) is 0.500. The molecule has 0 spiro atoms. The van der Waals surface area contributed by atoms with Gasteiger partial charge in [0, 0.05) is 6.07 Å². The van der Waals surface area contributed by atoms with Crippen LogP contribution < -0.4 is 0 Å². The second-order valence-electron chi connectivity index (χ2n) is 4.60. The van der Waals surface area contributed by atoms with Gasteiger partial charge in [-0.1, -0.05) is 13.8 Å². The third kappa shape index (κ3) is 3.27. The minimum Gasteiger partial charge on any atom is -0.393 e. The molecule has 3 heteroatoms. The van der Waals surface area contributed by atoms with E-state index in [1.165, 1.54) is 12.1 Å². The van der Waals surface area contributed by atoms with Crippen molar-refractivity contribution in [3.63, 3.8) is 0 Å². The van der Waals surface area contributed by atoms with Gasteiger partial charge in [-0.15, -0.1) is 0 Å². The van der Waals surface area contributed by atoms with Crippen LogP contribution in [-0.4, -0.2) is 11.2 Å². The maximum Gasteiger partial charge on any atom is 0.126 e. The van der Waals surface area contributed by atoms with E-state index in [0.717, 1.165) is 6.07 Å². The number of rotatable bonds is 3. The topological polar surface area (TPSA) is 20.2 Å². The molecule has 1 rings (SSSR count). The summed E-state index contributed by atoms with van der Waals surface area (Å²) >= 11 is 0. The summed E-state index contributed by atoms with van der Waals surface area (Å²) in [5.41, 5.74) is 0.137. The van der Waals surface area contributed by atoms with E-state index in [4.69, 9.17) is 0 Å². The zero-order valence-electron chi connectivity index (χ0n) is 9.22. The highest BCUT2D eigenvalue weighted by Gasteiger charge is 2.23. The Morgan fingerprint density at radius 1 is 1.20 bits per heavy atom. The average Bonchev–Trinajstić information content (AvgIpc) is 1.99. The second kappa shape index (κ2) is 4.27. The molecule has 0 saturated carbocycles. The van der Waals surface area contributed by atoms with Crippen molar-refractivity contribution in [2.45, 2.75) is 38.7 Å². The van der Waals surface area contributed by atoms with Gasteiger partial charge < -0.3 is 5.11 Å². The molecule has 15 heavy (non-hydrogen) atoms. The Hall–Kier alpha value is -0.960. The first-order valence-electron chi connectivity index (χ1n) is 4.96. The van der Waals surface area contributed by atoms with E-state index in [1.807, 2.05) is 13.8 Å². The summed E-state index contributed by atoms with van der Waals surface area (Å²) in [6, 6.07) is 3.47. The van der Waals surface area contributed by atoms with Crippen molar-refractivity contribution in [2.24, 2.45) is 0 Å². The maximum atomic E-state index is 13.0. The van der Waals surface area contributed by atoms with Gasteiger partial charge in [-0.05, 0) is 36.5 Å². The van der Waals surface area contributed by atoms with Crippen molar-refractivity contribution in [1.29, 1.82) is 0 Å². The van der Waals surface area contributed by atoms with Crippen molar-refractivity contribution in [3.8, 4) is 0 Å². The van der Waals surface area contributed by atoms with E-state index in [9.17, 15) is 13.9 Å². The third-order valence-corrected chi connectivity index (χ3v) is 2.45. The van der Waals surface area contributed by atoms with Gasteiger partial charge in [-0.2, -0.15) is 0 Å². The molecule has 0 radical (unpaired) electrons. The van der Waals surface area contributed by atoms with E-state index < -0.39 is 23.2 Å². The van der Waals surface area contributed by atoms with Crippen molar-refractivity contribution in [2.75, 3.05) is 0 Å². The number of aliphatic hydroxyl groups is 1. The summed E-state index contributed by atoms with van der Waals surface area (Å²) in [5.74, 6) is -1.16. The van der Waals surface area contributed by atoms with Gasteiger partial charge >= 0.3 is 0 Å². The minimum absolute atomic E-state index is 0.433. The molecule has 1 N–H and O–H groups in total. The summed E-state index contributed by atoms with van der Waals surface area (Å²) < 4.78 is 26.0. The van der Waals surface area contributed by atoms with Gasteiger partial charge in [0.15, 0.2) is 0 Å². The molecule has 1 aromatic carbocycles. The van der Waals surface area contributed by atoms with Crippen molar-refractivity contribution in [1.82, 2.24) is 0 Å². The predicted molar refractivity (Wildman–Crippen MR) is 55.7 cm³/mol. The Morgan fingerprint density at radius 2 is 1.67 bits per heavy atom. The van der Waals surface area contributed by atoms with E-state index in [0.29, 0.717) is 12.0 Å². The highest BCUT2D eigenvalue weighted by Crippen LogP contribution is 2.29. The molecule has 1 unspecified atom stereocenters. The van der Waals surface area contributed by atoms with E-state index in [1.54, 1.807) is 6.92 Å². The molecule has 0 aliphatic rings. The molecule has 0 aromatic heterocycles. The molecule has 0 fully saturated rings. The zero-order valence-corrected chi connectivity index (χ0v) is 9.22. The highest BCUT2D eigenvalue weighted by atomic mass is 19.1. The van der Waals surface area contributed by atoms with Crippen molar-refractivity contribution < 1.29 is 13.9 Å². The molecule has 0 aliphatic heterocycles. The fourth-order valence-electron chi connectivity index (χ4n) is 1.80. The lowest BCUT2D eigenvalue weighted by Crippen LogP contribution is -2.23. The van der Waals surface area contributed by atoms with Gasteiger partial charge in [-0.25, -0.2) is 8.78 Å². The standard InChI is InChI=1S/C12H16F2O/c1-8(15)7-12(2,3)9-4-10(13)6-11(14)5-9/h4-6,8,15H,7H2,1-3H3. The van der Waals surface area contributed by atoms with Crippen LogP contribution in [0.5, 0.6) is 0 Å². The number of hydrogen-bond donors (Lipinski definition) is 1. The maximum absolute atomic E-state index is 13.0. The molecule has 1 aromatic rings. The molecular formula is C12H16F2O. The van der Waals surface area contributed by atoms with Crippen molar-refractivity contribution in [3.05, 3.63) is 35.4 Å². The van der Waals surface area contributed by atoms with Crippen LogP contribution in [-0.2, 0) is 5.41 Å². The molecule has 1 atom stereocenters. The smallest absolute Gasteiger partial charge is 0.126 e. The molecule has 0 aliphatic carbocycles. The van der Waals surface area contributed by atoms with Gasteiger partial charge in [-0.3, -0.25) is 0 Å². The zero-order chi connectivity index (χ0) is 11.6. The van der Waals surface area contributed by atoms with Gasteiger partial charge in [0.2, 0.25) is 0 Å². The number of benzene rings is 1. The average molecular weight is 214 g/mol. The van der Waals surface area contributed by atoms with Gasteiger partial charge in [0.1, 0.15) is 11.6 Å². The summed E-state index contributed by atoms with van der Waals surface area (Å²) in [5, 5.41) is 9.30. The Labute approximate surface area is 88.7 Å². The molecular weight excluding hydrogens is 198 g/mol. The quantitative estimate of drug-likeness (QED) is 0.820. The van der Waals surface area contributed by atoms with E-state index in [-0.39, 0.29) is 0 Å². The largest absolute Gasteiger partial charge is 0.393 e. The lowest BCUT2D eigenvalue weighted by Gasteiger charge is -2.26. The summed E-state index contributed by atoms with van der Waals surface area (Å²) in [6.07, 6.45) is -0.0260. The monoisotopic (exact) mass is 214 g/mol. The first-order chi connectivity index (χ1) is 6.81.